The van der Waals surface area contributed by atoms with E-state index in [-0.39, 0.29) is 60.0 Å². The number of anilines is 1. The van der Waals surface area contributed by atoms with Gasteiger partial charge in [-0.05, 0) is 38.8 Å². The molecule has 196 valence electrons. The van der Waals surface area contributed by atoms with Crippen LogP contribution in [-0.4, -0.2) is 50.4 Å². The topological polar surface area (TPSA) is 136 Å². The molecule has 1 aliphatic rings. The second-order valence-corrected chi connectivity index (χ2v) is 8.73. The van der Waals surface area contributed by atoms with E-state index < -0.39 is 5.91 Å². The van der Waals surface area contributed by atoms with E-state index in [1.807, 2.05) is 36.9 Å². The Morgan fingerprint density at radius 3 is 2.58 bits per heavy atom. The number of likely N-dealkylation sites (tertiary alicyclic amines) is 1. The Morgan fingerprint density at radius 2 is 1.94 bits per heavy atom. The summed E-state index contributed by atoms with van der Waals surface area (Å²) in [6.07, 6.45) is 2.94. The molecule has 4 rings (SSSR count). The molecule has 2 amide bonds. The monoisotopic (exact) mass is 556 g/mol. The van der Waals surface area contributed by atoms with Gasteiger partial charge in [-0.25, -0.2) is 19.1 Å². The average Bonchev–Trinajstić information content (AvgIpc) is 3.15. The van der Waals surface area contributed by atoms with Crippen molar-refractivity contribution in [3.8, 4) is 0 Å². The van der Waals surface area contributed by atoms with Crippen molar-refractivity contribution in [1.29, 1.82) is 0 Å². The van der Waals surface area contributed by atoms with E-state index in [0.29, 0.717) is 31.7 Å². The van der Waals surface area contributed by atoms with Crippen LogP contribution in [0.15, 0.2) is 24.4 Å². The van der Waals surface area contributed by atoms with Gasteiger partial charge in [0.2, 0.25) is 0 Å². The molecule has 2 aromatic heterocycles. The van der Waals surface area contributed by atoms with Crippen molar-refractivity contribution in [1.82, 2.24) is 24.8 Å². The number of halogens is 3. The number of nitrogens with two attached hydrogens (primary N) is 2. The number of imidazole rings is 1. The molecular formula is C23H31Cl3N8O2. The fourth-order valence-electron chi connectivity index (χ4n) is 4.49. The Labute approximate surface area is 227 Å². The third kappa shape index (κ3) is 5.83. The highest BCUT2D eigenvalue weighted by atomic mass is 35.5. The normalized spacial score (nSPS) is 13.7. The van der Waals surface area contributed by atoms with Crippen LogP contribution >= 0.6 is 24.0 Å². The minimum Gasteiger partial charge on any atom is -1.00 e. The molecule has 1 fully saturated rings. The number of benzene rings is 1. The highest BCUT2D eigenvalue weighted by molar-refractivity contribution is 6.29. The van der Waals surface area contributed by atoms with Gasteiger partial charge in [0.25, 0.3) is 17.6 Å². The first-order valence-corrected chi connectivity index (χ1v) is 11.9. The highest BCUT2D eigenvalue weighted by Gasteiger charge is 2.27. The number of nitrogen functional groups attached to an aromatic ring is 1. The quantitative estimate of drug-likeness (QED) is 0.330. The first-order valence-electron chi connectivity index (χ1n) is 11.5. The van der Waals surface area contributed by atoms with Crippen LogP contribution in [0.1, 0.15) is 53.4 Å². The number of carbonyl (C=O) groups is 2. The van der Waals surface area contributed by atoms with Crippen LogP contribution < -0.4 is 33.8 Å². The van der Waals surface area contributed by atoms with Crippen LogP contribution in [-0.2, 0) is 19.6 Å². The Kier molecular flexibility index (Phi) is 10.3. The molecule has 5 N–H and O–H groups in total. The van der Waals surface area contributed by atoms with E-state index in [0.717, 1.165) is 29.7 Å². The van der Waals surface area contributed by atoms with Crippen molar-refractivity contribution >= 4 is 52.7 Å². The van der Waals surface area contributed by atoms with Gasteiger partial charge in [-0.2, -0.15) is 0 Å². The van der Waals surface area contributed by atoms with Crippen molar-refractivity contribution in [2.45, 2.75) is 52.4 Å². The fourth-order valence-corrected chi connectivity index (χ4v) is 4.63. The first kappa shape index (κ1) is 29.6. The Balaban J connectivity index is 0.00000228. The minimum atomic E-state index is -0.456. The number of nitrogens with one attached hydrogen (secondary N) is 1. The van der Waals surface area contributed by atoms with Crippen LogP contribution in [0.25, 0.3) is 11.0 Å². The van der Waals surface area contributed by atoms with E-state index >= 15 is 0 Å². The van der Waals surface area contributed by atoms with E-state index in [9.17, 15) is 9.59 Å². The molecule has 13 heteroatoms. The lowest BCUT2D eigenvalue weighted by Crippen LogP contribution is -3.00. The average molecular weight is 558 g/mol. The van der Waals surface area contributed by atoms with Gasteiger partial charge in [-0.15, -0.1) is 12.4 Å². The zero-order valence-electron chi connectivity index (χ0n) is 20.2. The van der Waals surface area contributed by atoms with E-state index in [2.05, 4.69) is 24.4 Å². The number of nitrogens with zero attached hydrogens (tertiary/aromatic N) is 5. The number of aryl methyl sites for hydroxylation is 2. The number of aromatic nitrogens is 4. The van der Waals surface area contributed by atoms with Gasteiger partial charge in [-0.1, -0.05) is 11.6 Å². The number of hydrogen-bond donors (Lipinski definition) is 3. The zero-order valence-corrected chi connectivity index (χ0v) is 22.5. The van der Waals surface area contributed by atoms with Crippen molar-refractivity contribution in [2.75, 3.05) is 18.8 Å². The SMILES string of the molecule is CCn1c(CNC(=O)c2nc(Cl)cnc2N)[n+](CC)c2ccc(C(=O)N3CCC(N)CC3)cc21.Cl.[Cl-]. The maximum absolute atomic E-state index is 13.1. The molecule has 1 saturated heterocycles. The molecule has 10 nitrogen and oxygen atoms in total. The van der Waals surface area contributed by atoms with Gasteiger partial charge in [0.15, 0.2) is 22.5 Å². The Morgan fingerprint density at radius 1 is 1.25 bits per heavy atom. The summed E-state index contributed by atoms with van der Waals surface area (Å²) in [6, 6.07) is 5.95. The summed E-state index contributed by atoms with van der Waals surface area (Å²) in [5.41, 5.74) is 14.4. The summed E-state index contributed by atoms with van der Waals surface area (Å²) in [5, 5.41) is 2.97. The molecule has 0 spiro atoms. The van der Waals surface area contributed by atoms with E-state index in [1.54, 1.807) is 0 Å². The summed E-state index contributed by atoms with van der Waals surface area (Å²) in [6.45, 7) is 7.04. The summed E-state index contributed by atoms with van der Waals surface area (Å²) in [7, 11) is 0. The molecule has 0 unspecified atom stereocenters. The zero-order chi connectivity index (χ0) is 24.4. The van der Waals surface area contributed by atoms with E-state index in [4.69, 9.17) is 23.1 Å². The number of hydrogen-bond acceptors (Lipinski definition) is 6. The molecule has 3 aromatic rings. The largest absolute Gasteiger partial charge is 1.00 e. The highest BCUT2D eigenvalue weighted by Crippen LogP contribution is 2.20. The molecule has 1 aliphatic heterocycles. The molecule has 0 bridgehead atoms. The molecule has 1 aromatic carbocycles. The van der Waals surface area contributed by atoms with Gasteiger partial charge in [0.05, 0.1) is 19.3 Å². The Hall–Kier alpha value is -2.66. The van der Waals surface area contributed by atoms with Crippen LogP contribution in [0.2, 0.25) is 5.15 Å². The van der Waals surface area contributed by atoms with Crippen LogP contribution in [0.3, 0.4) is 0 Å². The summed E-state index contributed by atoms with van der Waals surface area (Å²) >= 11 is 5.88. The summed E-state index contributed by atoms with van der Waals surface area (Å²) in [4.78, 5) is 35.6. The summed E-state index contributed by atoms with van der Waals surface area (Å²) < 4.78 is 4.23. The lowest BCUT2D eigenvalue weighted by atomic mass is 10.0. The van der Waals surface area contributed by atoms with Crippen molar-refractivity contribution in [3.63, 3.8) is 0 Å². The predicted molar refractivity (Wildman–Crippen MR) is 136 cm³/mol. The van der Waals surface area contributed by atoms with E-state index in [1.165, 1.54) is 6.20 Å². The number of fused-ring (bicyclic) bond motifs is 1. The molecule has 36 heavy (non-hydrogen) atoms. The van der Waals surface area contributed by atoms with Gasteiger partial charge in [0.1, 0.15) is 11.7 Å². The van der Waals surface area contributed by atoms with Gasteiger partial charge >= 0.3 is 0 Å². The van der Waals surface area contributed by atoms with Crippen molar-refractivity contribution in [2.24, 2.45) is 5.73 Å². The van der Waals surface area contributed by atoms with Crippen molar-refractivity contribution < 1.29 is 26.6 Å². The van der Waals surface area contributed by atoms with Crippen LogP contribution in [0.4, 0.5) is 5.82 Å². The lowest BCUT2D eigenvalue weighted by molar-refractivity contribution is -0.676. The minimum absolute atomic E-state index is 0. The summed E-state index contributed by atoms with van der Waals surface area (Å²) in [5.74, 6) is 0.478. The van der Waals surface area contributed by atoms with Gasteiger partial charge < -0.3 is 34.1 Å². The maximum atomic E-state index is 13.1. The fraction of sp³-hybridized carbons (Fsp3) is 0.435. The number of carbonyl (C=O) groups excluding carboxylic acids is 2. The van der Waals surface area contributed by atoms with Gasteiger partial charge in [0, 0.05) is 30.8 Å². The molecule has 0 atom stereocenters. The number of amides is 2. The molecule has 0 saturated carbocycles. The number of piperidine rings is 1. The molecule has 3 heterocycles. The third-order valence-corrected chi connectivity index (χ3v) is 6.46. The Bertz CT molecular complexity index is 1240. The lowest BCUT2D eigenvalue weighted by Gasteiger charge is -2.30. The second kappa shape index (κ2) is 12.5. The second-order valence-electron chi connectivity index (χ2n) is 8.35. The maximum Gasteiger partial charge on any atom is 0.277 e. The first-order chi connectivity index (χ1) is 16.3. The molecule has 0 aliphatic carbocycles. The predicted octanol–water partition coefficient (Wildman–Crippen LogP) is -1.09. The van der Waals surface area contributed by atoms with Crippen molar-refractivity contribution in [3.05, 3.63) is 46.6 Å². The third-order valence-electron chi connectivity index (χ3n) is 6.28. The standard InChI is InChI=1S/C23H29ClN8O2.2ClH/c1-3-31-16-6-5-14(23(34)30-9-7-15(25)8-10-30)11-17(16)32(4-2)19(31)13-28-22(33)20-21(26)27-12-18(24)29-20;;/h5-6,11-12,15H,3-4,7-10,13,25H2,1-2H3,(H2-,26,27,28,33);2*1H. The van der Waals surface area contributed by atoms with Crippen LogP contribution in [0, 0.1) is 0 Å². The van der Waals surface area contributed by atoms with Gasteiger partial charge in [-0.3, -0.25) is 9.59 Å². The van der Waals surface area contributed by atoms with Crippen LogP contribution in [0.5, 0.6) is 0 Å². The number of rotatable bonds is 6. The molecule has 0 radical (unpaired) electrons. The smallest absolute Gasteiger partial charge is 0.277 e. The molecular weight excluding hydrogens is 527 g/mol.